The first kappa shape index (κ1) is 10.3. The van der Waals surface area contributed by atoms with Crippen LogP contribution in [0, 0.1) is 6.92 Å². The van der Waals surface area contributed by atoms with Crippen molar-refractivity contribution in [2.45, 2.75) is 13.5 Å². The van der Waals surface area contributed by atoms with Crippen LogP contribution in [0.2, 0.25) is 0 Å². The molecule has 1 amide bonds. The number of halogens is 1. The van der Waals surface area contributed by atoms with Crippen LogP contribution in [0.4, 0.5) is 0 Å². The normalized spacial score (nSPS) is 10.1. The van der Waals surface area contributed by atoms with Gasteiger partial charge in [-0.05, 0) is 19.1 Å². The van der Waals surface area contributed by atoms with E-state index in [1.807, 2.05) is 19.1 Å². The molecule has 0 saturated heterocycles. The fourth-order valence-corrected chi connectivity index (χ4v) is 1.42. The maximum atomic E-state index is 11.2. The standard InChI is InChI=1S/C9H12BrNO2/c1-7-3-4-8(13-7)6-11(2)9(12)5-10/h3-4H,5-6H2,1-2H3. The molecule has 72 valence electrons. The van der Waals surface area contributed by atoms with Gasteiger partial charge in [-0.3, -0.25) is 4.79 Å². The molecule has 0 unspecified atom stereocenters. The minimum atomic E-state index is 0.0500. The van der Waals surface area contributed by atoms with Crippen LogP contribution in [0.15, 0.2) is 16.5 Å². The van der Waals surface area contributed by atoms with Gasteiger partial charge in [0.15, 0.2) is 0 Å². The number of furan rings is 1. The molecule has 1 heterocycles. The SMILES string of the molecule is Cc1ccc(CN(C)C(=O)CBr)o1. The van der Waals surface area contributed by atoms with Crippen molar-refractivity contribution in [1.29, 1.82) is 0 Å². The largest absolute Gasteiger partial charge is 0.464 e. The lowest BCUT2D eigenvalue weighted by molar-refractivity contribution is -0.127. The van der Waals surface area contributed by atoms with Crippen LogP contribution in [-0.2, 0) is 11.3 Å². The summed E-state index contributed by atoms with van der Waals surface area (Å²) in [5.41, 5.74) is 0. The van der Waals surface area contributed by atoms with Gasteiger partial charge in [-0.2, -0.15) is 0 Å². The van der Waals surface area contributed by atoms with E-state index in [2.05, 4.69) is 15.9 Å². The third kappa shape index (κ3) is 2.88. The summed E-state index contributed by atoms with van der Waals surface area (Å²) in [7, 11) is 1.75. The molecule has 0 N–H and O–H groups in total. The van der Waals surface area contributed by atoms with Crippen LogP contribution in [0.3, 0.4) is 0 Å². The Bertz CT molecular complexity index is 296. The van der Waals surface area contributed by atoms with Crippen LogP contribution >= 0.6 is 15.9 Å². The summed E-state index contributed by atoms with van der Waals surface area (Å²) >= 11 is 3.11. The monoisotopic (exact) mass is 245 g/mol. The third-order valence-corrected chi connectivity index (χ3v) is 2.21. The first-order valence-electron chi connectivity index (χ1n) is 3.98. The Balaban J connectivity index is 2.54. The molecule has 0 aliphatic rings. The van der Waals surface area contributed by atoms with Gasteiger partial charge in [0.2, 0.25) is 5.91 Å². The first-order chi connectivity index (χ1) is 6.13. The van der Waals surface area contributed by atoms with E-state index < -0.39 is 0 Å². The molecule has 0 atom stereocenters. The van der Waals surface area contributed by atoms with E-state index in [1.54, 1.807) is 11.9 Å². The van der Waals surface area contributed by atoms with Crippen molar-refractivity contribution in [3.05, 3.63) is 23.7 Å². The zero-order chi connectivity index (χ0) is 9.84. The second kappa shape index (κ2) is 4.46. The number of hydrogen-bond donors (Lipinski definition) is 0. The molecule has 1 aromatic rings. The van der Waals surface area contributed by atoms with Crippen LogP contribution in [0.1, 0.15) is 11.5 Å². The summed E-state index contributed by atoms with van der Waals surface area (Å²) in [5.74, 6) is 1.73. The highest BCUT2D eigenvalue weighted by Crippen LogP contribution is 2.08. The van der Waals surface area contributed by atoms with Crippen molar-refractivity contribution in [1.82, 2.24) is 4.90 Å². The lowest BCUT2D eigenvalue weighted by Crippen LogP contribution is -2.26. The highest BCUT2D eigenvalue weighted by molar-refractivity contribution is 9.09. The van der Waals surface area contributed by atoms with Gasteiger partial charge in [0.25, 0.3) is 0 Å². The summed E-state index contributed by atoms with van der Waals surface area (Å²) in [6.45, 7) is 2.41. The van der Waals surface area contributed by atoms with Crippen LogP contribution in [0.25, 0.3) is 0 Å². The molecule has 0 aliphatic carbocycles. The molecule has 0 spiro atoms. The summed E-state index contributed by atoms with van der Waals surface area (Å²) < 4.78 is 5.34. The number of carbonyl (C=O) groups is 1. The Kier molecular flexibility index (Phi) is 3.54. The first-order valence-corrected chi connectivity index (χ1v) is 5.11. The Morgan fingerprint density at radius 3 is 2.77 bits per heavy atom. The summed E-state index contributed by atoms with van der Waals surface area (Å²) in [5, 5.41) is 0.350. The minimum absolute atomic E-state index is 0.0500. The van der Waals surface area contributed by atoms with E-state index in [0.717, 1.165) is 11.5 Å². The molecule has 3 nitrogen and oxygen atoms in total. The van der Waals surface area contributed by atoms with E-state index in [0.29, 0.717) is 11.9 Å². The zero-order valence-electron chi connectivity index (χ0n) is 7.71. The average Bonchev–Trinajstić information content (AvgIpc) is 2.49. The maximum absolute atomic E-state index is 11.2. The predicted octanol–water partition coefficient (Wildman–Crippen LogP) is 1.94. The van der Waals surface area contributed by atoms with Gasteiger partial charge < -0.3 is 9.32 Å². The van der Waals surface area contributed by atoms with Gasteiger partial charge in [-0.25, -0.2) is 0 Å². The Morgan fingerprint density at radius 1 is 1.62 bits per heavy atom. The molecule has 0 saturated carbocycles. The van der Waals surface area contributed by atoms with Gasteiger partial charge in [-0.15, -0.1) is 0 Å². The predicted molar refractivity (Wildman–Crippen MR) is 53.7 cm³/mol. The maximum Gasteiger partial charge on any atom is 0.233 e. The number of aryl methyl sites for hydroxylation is 1. The quantitative estimate of drug-likeness (QED) is 0.763. The van der Waals surface area contributed by atoms with Crippen molar-refractivity contribution >= 4 is 21.8 Å². The highest BCUT2D eigenvalue weighted by atomic mass is 79.9. The van der Waals surface area contributed by atoms with Crippen LogP contribution in [-0.4, -0.2) is 23.2 Å². The molecule has 0 bridgehead atoms. The Labute approximate surface area is 85.8 Å². The molecule has 0 fully saturated rings. The Hall–Kier alpha value is -0.770. The molecule has 1 aromatic heterocycles. The van der Waals surface area contributed by atoms with Gasteiger partial charge in [0, 0.05) is 7.05 Å². The van der Waals surface area contributed by atoms with E-state index in [9.17, 15) is 4.79 Å². The van der Waals surface area contributed by atoms with E-state index in [1.165, 1.54) is 0 Å². The number of rotatable bonds is 3. The third-order valence-electron chi connectivity index (χ3n) is 1.73. The molecule has 1 rings (SSSR count). The van der Waals surface area contributed by atoms with Crippen LogP contribution in [0.5, 0.6) is 0 Å². The molecule has 4 heteroatoms. The number of alkyl halides is 1. The molecule has 13 heavy (non-hydrogen) atoms. The molecule has 0 aliphatic heterocycles. The van der Waals surface area contributed by atoms with Gasteiger partial charge in [0.1, 0.15) is 11.5 Å². The lowest BCUT2D eigenvalue weighted by Gasteiger charge is -2.13. The summed E-state index contributed by atoms with van der Waals surface area (Å²) in [4.78, 5) is 12.8. The number of nitrogens with zero attached hydrogens (tertiary/aromatic N) is 1. The fourth-order valence-electron chi connectivity index (χ4n) is 0.994. The zero-order valence-corrected chi connectivity index (χ0v) is 9.30. The number of carbonyl (C=O) groups excluding carboxylic acids is 1. The minimum Gasteiger partial charge on any atom is -0.464 e. The van der Waals surface area contributed by atoms with Gasteiger partial charge in [0.05, 0.1) is 11.9 Å². The van der Waals surface area contributed by atoms with E-state index >= 15 is 0 Å². The number of amides is 1. The molecule has 0 aromatic carbocycles. The molecule has 0 radical (unpaired) electrons. The average molecular weight is 246 g/mol. The second-order valence-electron chi connectivity index (χ2n) is 2.90. The number of hydrogen-bond acceptors (Lipinski definition) is 2. The topological polar surface area (TPSA) is 33.5 Å². The lowest BCUT2D eigenvalue weighted by atomic mass is 10.4. The van der Waals surface area contributed by atoms with Crippen molar-refractivity contribution < 1.29 is 9.21 Å². The Morgan fingerprint density at radius 2 is 2.31 bits per heavy atom. The van der Waals surface area contributed by atoms with Crippen molar-refractivity contribution in [3.8, 4) is 0 Å². The smallest absolute Gasteiger partial charge is 0.233 e. The van der Waals surface area contributed by atoms with E-state index in [-0.39, 0.29) is 5.91 Å². The van der Waals surface area contributed by atoms with Crippen molar-refractivity contribution in [2.24, 2.45) is 0 Å². The van der Waals surface area contributed by atoms with Gasteiger partial charge in [-0.1, -0.05) is 15.9 Å². The van der Waals surface area contributed by atoms with Crippen molar-refractivity contribution in [2.75, 3.05) is 12.4 Å². The van der Waals surface area contributed by atoms with Crippen molar-refractivity contribution in [3.63, 3.8) is 0 Å². The fraction of sp³-hybridized carbons (Fsp3) is 0.444. The van der Waals surface area contributed by atoms with Crippen LogP contribution < -0.4 is 0 Å². The highest BCUT2D eigenvalue weighted by Gasteiger charge is 2.08. The van der Waals surface area contributed by atoms with Gasteiger partial charge >= 0.3 is 0 Å². The summed E-state index contributed by atoms with van der Waals surface area (Å²) in [6, 6.07) is 3.77. The summed E-state index contributed by atoms with van der Waals surface area (Å²) in [6.07, 6.45) is 0. The second-order valence-corrected chi connectivity index (χ2v) is 3.46. The molecular formula is C9H12BrNO2. The van der Waals surface area contributed by atoms with E-state index in [4.69, 9.17) is 4.42 Å². The molecular weight excluding hydrogens is 234 g/mol.